The van der Waals surface area contributed by atoms with Crippen molar-refractivity contribution in [3.63, 3.8) is 0 Å². The second-order valence-corrected chi connectivity index (χ2v) is 7.49. The van der Waals surface area contributed by atoms with Crippen LogP contribution in [-0.2, 0) is 15.0 Å². The van der Waals surface area contributed by atoms with Crippen LogP contribution in [0.5, 0.6) is 0 Å². The van der Waals surface area contributed by atoms with Gasteiger partial charge in [-0.05, 0) is 32.6 Å². The summed E-state index contributed by atoms with van der Waals surface area (Å²) in [6.45, 7) is 4.26. The molecule has 0 aliphatic carbocycles. The molecule has 1 rings (SSSR count). The normalized spacial score (nSPS) is 22.1. The molecule has 0 bridgehead atoms. The van der Waals surface area contributed by atoms with Crippen LogP contribution in [0.2, 0.25) is 0 Å². The molecular formula is C14H28N2O4S. The molecule has 0 radical (unpaired) electrons. The van der Waals surface area contributed by atoms with Crippen molar-refractivity contribution in [1.29, 1.82) is 0 Å². The Morgan fingerprint density at radius 3 is 2.67 bits per heavy atom. The number of aliphatic carboxylic acids is 1. The lowest BCUT2D eigenvalue weighted by Gasteiger charge is -2.32. The van der Waals surface area contributed by atoms with Crippen LogP contribution in [0.15, 0.2) is 0 Å². The van der Waals surface area contributed by atoms with Crippen LogP contribution in [0, 0.1) is 0 Å². The van der Waals surface area contributed by atoms with Gasteiger partial charge in [0.05, 0.1) is 0 Å². The molecule has 0 aromatic heterocycles. The van der Waals surface area contributed by atoms with Gasteiger partial charge in [0.25, 0.3) is 10.2 Å². The first-order valence-electron chi connectivity index (χ1n) is 7.90. The molecule has 2 atom stereocenters. The Bertz CT molecular complexity index is 425. The Balaban J connectivity index is 2.56. The molecule has 1 heterocycles. The highest BCUT2D eigenvalue weighted by Gasteiger charge is 2.37. The van der Waals surface area contributed by atoms with E-state index in [-0.39, 0.29) is 12.6 Å². The zero-order valence-electron chi connectivity index (χ0n) is 13.0. The van der Waals surface area contributed by atoms with Crippen molar-refractivity contribution < 1.29 is 18.3 Å². The molecule has 6 nitrogen and oxygen atoms in total. The highest BCUT2D eigenvalue weighted by atomic mass is 32.2. The molecule has 124 valence electrons. The molecule has 1 fully saturated rings. The van der Waals surface area contributed by atoms with Crippen LogP contribution < -0.4 is 4.72 Å². The predicted molar refractivity (Wildman–Crippen MR) is 82.3 cm³/mol. The van der Waals surface area contributed by atoms with Crippen molar-refractivity contribution in [2.45, 2.75) is 77.3 Å². The largest absolute Gasteiger partial charge is 0.480 e. The Hall–Kier alpha value is -0.660. The van der Waals surface area contributed by atoms with E-state index in [4.69, 9.17) is 0 Å². The average molecular weight is 320 g/mol. The molecule has 21 heavy (non-hydrogen) atoms. The van der Waals surface area contributed by atoms with Gasteiger partial charge in [-0.2, -0.15) is 17.4 Å². The first-order chi connectivity index (χ1) is 9.88. The highest BCUT2D eigenvalue weighted by molar-refractivity contribution is 7.87. The van der Waals surface area contributed by atoms with E-state index in [0.29, 0.717) is 6.42 Å². The maximum Gasteiger partial charge on any atom is 0.322 e. The molecule has 7 heteroatoms. The molecule has 1 aliphatic heterocycles. The van der Waals surface area contributed by atoms with Gasteiger partial charge in [-0.25, -0.2) is 0 Å². The number of hydrogen-bond donors (Lipinski definition) is 2. The summed E-state index contributed by atoms with van der Waals surface area (Å²) in [4.78, 5) is 11.2. The van der Waals surface area contributed by atoms with E-state index in [1.807, 2.05) is 6.92 Å². The number of carboxylic acid groups (broad SMARTS) is 1. The summed E-state index contributed by atoms with van der Waals surface area (Å²) in [5.41, 5.74) is 0. The molecule has 1 aliphatic rings. The molecule has 0 saturated carbocycles. The summed E-state index contributed by atoms with van der Waals surface area (Å²) >= 11 is 0. The summed E-state index contributed by atoms with van der Waals surface area (Å²) in [6.07, 6.45) is 7.04. The van der Waals surface area contributed by atoms with E-state index in [1.54, 1.807) is 0 Å². The first-order valence-corrected chi connectivity index (χ1v) is 9.34. The van der Waals surface area contributed by atoms with E-state index in [0.717, 1.165) is 49.3 Å². The van der Waals surface area contributed by atoms with Crippen molar-refractivity contribution in [2.75, 3.05) is 6.54 Å². The maximum atomic E-state index is 12.4. The Morgan fingerprint density at radius 2 is 2.05 bits per heavy atom. The number of carboxylic acids is 1. The monoisotopic (exact) mass is 320 g/mol. The summed E-state index contributed by atoms with van der Waals surface area (Å²) in [5, 5.41) is 9.17. The number of rotatable bonds is 9. The van der Waals surface area contributed by atoms with Gasteiger partial charge in [-0.15, -0.1) is 0 Å². The molecule has 0 amide bonds. The van der Waals surface area contributed by atoms with Gasteiger partial charge in [-0.1, -0.05) is 32.6 Å². The third-order valence-corrected chi connectivity index (χ3v) is 5.64. The minimum atomic E-state index is -3.72. The number of carbonyl (C=O) groups is 1. The molecule has 2 unspecified atom stereocenters. The SMILES string of the molecule is CCCCCCC(C)NS(=O)(=O)N1CCCCC1C(=O)O. The fourth-order valence-corrected chi connectivity index (χ4v) is 4.36. The minimum absolute atomic E-state index is 0.164. The number of unbranched alkanes of at least 4 members (excludes halogenated alkanes) is 3. The molecule has 0 aromatic carbocycles. The van der Waals surface area contributed by atoms with Crippen molar-refractivity contribution in [2.24, 2.45) is 0 Å². The summed E-state index contributed by atoms with van der Waals surface area (Å²) < 4.78 is 28.4. The van der Waals surface area contributed by atoms with E-state index >= 15 is 0 Å². The first kappa shape index (κ1) is 18.4. The fourth-order valence-electron chi connectivity index (χ4n) is 2.70. The second kappa shape index (κ2) is 8.70. The lowest BCUT2D eigenvalue weighted by Crippen LogP contribution is -2.53. The standard InChI is InChI=1S/C14H28N2O4S/c1-3-4-5-6-9-12(2)15-21(19,20)16-11-8-7-10-13(16)14(17)18/h12-13,15H,3-11H2,1-2H3,(H,17,18). The number of nitrogens with one attached hydrogen (secondary N) is 1. The third-order valence-electron chi connectivity index (χ3n) is 3.89. The lowest BCUT2D eigenvalue weighted by atomic mass is 10.1. The zero-order chi connectivity index (χ0) is 15.9. The van der Waals surface area contributed by atoms with Crippen LogP contribution >= 0.6 is 0 Å². The van der Waals surface area contributed by atoms with Crippen molar-refractivity contribution in [3.8, 4) is 0 Å². The van der Waals surface area contributed by atoms with Gasteiger partial charge in [0.2, 0.25) is 0 Å². The third kappa shape index (κ3) is 5.92. The molecule has 2 N–H and O–H groups in total. The quantitative estimate of drug-likeness (QED) is 0.637. The Labute approximate surface area is 128 Å². The predicted octanol–water partition coefficient (Wildman–Crippen LogP) is 2.12. The number of hydrogen-bond acceptors (Lipinski definition) is 3. The number of piperidine rings is 1. The van der Waals surface area contributed by atoms with E-state index in [9.17, 15) is 18.3 Å². The van der Waals surface area contributed by atoms with Crippen LogP contribution in [-0.4, -0.2) is 42.4 Å². The lowest BCUT2D eigenvalue weighted by molar-refractivity contribution is -0.142. The highest BCUT2D eigenvalue weighted by Crippen LogP contribution is 2.20. The smallest absolute Gasteiger partial charge is 0.322 e. The maximum absolute atomic E-state index is 12.4. The van der Waals surface area contributed by atoms with Crippen LogP contribution in [0.1, 0.15) is 65.2 Å². The van der Waals surface area contributed by atoms with Crippen LogP contribution in [0.3, 0.4) is 0 Å². The summed E-state index contributed by atoms with van der Waals surface area (Å²) in [6, 6.07) is -1.09. The summed E-state index contributed by atoms with van der Waals surface area (Å²) in [5.74, 6) is -1.06. The van der Waals surface area contributed by atoms with E-state index < -0.39 is 22.2 Å². The van der Waals surface area contributed by atoms with Gasteiger partial charge in [0, 0.05) is 12.6 Å². The van der Waals surface area contributed by atoms with Gasteiger partial charge < -0.3 is 5.11 Å². The Kier molecular flexibility index (Phi) is 7.62. The second-order valence-electron chi connectivity index (χ2n) is 5.83. The van der Waals surface area contributed by atoms with Crippen molar-refractivity contribution >= 4 is 16.2 Å². The molecular weight excluding hydrogens is 292 g/mol. The topological polar surface area (TPSA) is 86.7 Å². The summed E-state index contributed by atoms with van der Waals surface area (Å²) in [7, 11) is -3.72. The van der Waals surface area contributed by atoms with Gasteiger partial charge >= 0.3 is 5.97 Å². The van der Waals surface area contributed by atoms with Gasteiger partial charge in [0.1, 0.15) is 6.04 Å². The van der Waals surface area contributed by atoms with Crippen molar-refractivity contribution in [1.82, 2.24) is 9.03 Å². The van der Waals surface area contributed by atoms with Crippen molar-refractivity contribution in [3.05, 3.63) is 0 Å². The van der Waals surface area contributed by atoms with E-state index in [2.05, 4.69) is 11.6 Å². The number of nitrogens with zero attached hydrogens (tertiary/aromatic N) is 1. The van der Waals surface area contributed by atoms with E-state index in [1.165, 1.54) is 0 Å². The molecule has 0 spiro atoms. The fraction of sp³-hybridized carbons (Fsp3) is 0.929. The minimum Gasteiger partial charge on any atom is -0.480 e. The van der Waals surface area contributed by atoms with Gasteiger partial charge in [0.15, 0.2) is 0 Å². The molecule has 0 aromatic rings. The average Bonchev–Trinajstić information content (AvgIpc) is 2.43. The zero-order valence-corrected chi connectivity index (χ0v) is 13.9. The van der Waals surface area contributed by atoms with Crippen LogP contribution in [0.4, 0.5) is 0 Å². The van der Waals surface area contributed by atoms with Crippen LogP contribution in [0.25, 0.3) is 0 Å². The van der Waals surface area contributed by atoms with Gasteiger partial charge in [-0.3, -0.25) is 4.79 Å². The molecule has 1 saturated heterocycles. The Morgan fingerprint density at radius 1 is 1.33 bits per heavy atom.